The number of fused-ring (bicyclic) bond motifs is 1. The number of carbonyl (C=O) groups excluding carboxylic acids is 1. The Balaban J connectivity index is 1.87. The van der Waals surface area contributed by atoms with E-state index in [1.807, 2.05) is 37.3 Å². The first-order valence-electron chi connectivity index (χ1n) is 12.3. The zero-order valence-corrected chi connectivity index (χ0v) is 22.7. The fourth-order valence-corrected chi connectivity index (χ4v) is 5.25. The van der Waals surface area contributed by atoms with Gasteiger partial charge in [0.1, 0.15) is 12.4 Å². The quantitative estimate of drug-likeness (QED) is 0.291. The van der Waals surface area contributed by atoms with Gasteiger partial charge in [-0.1, -0.05) is 42.2 Å². The van der Waals surface area contributed by atoms with Crippen LogP contribution in [0, 0.1) is 0 Å². The molecule has 1 unspecified atom stereocenters. The summed E-state index contributed by atoms with van der Waals surface area (Å²) in [7, 11) is 1.56. The van der Waals surface area contributed by atoms with Crippen LogP contribution in [0.25, 0.3) is 6.08 Å². The van der Waals surface area contributed by atoms with Gasteiger partial charge in [-0.05, 0) is 62.2 Å². The highest BCUT2D eigenvalue weighted by Crippen LogP contribution is 2.36. The van der Waals surface area contributed by atoms with Crippen molar-refractivity contribution < 1.29 is 23.7 Å². The standard InChI is InChI=1S/C29H30N2O6S/c1-6-15-37-21-12-9-19(10-13-21)16-24-27(32)31-26(20-11-14-22(34-5)23(17-20)35-7-2)25(28(33)36-8-3)18(4)30-29(31)38-24/h6,9-14,16-17,26H,1,7-8,15H2,2-5H3/b24-16+. The van der Waals surface area contributed by atoms with Crippen molar-refractivity contribution in [1.82, 2.24) is 4.57 Å². The Hall–Kier alpha value is -4.11. The molecule has 1 aliphatic heterocycles. The average Bonchev–Trinajstić information content (AvgIpc) is 3.21. The SMILES string of the molecule is C=CCOc1ccc(/C=c2/sc3n(c2=O)C(c2ccc(OC)c(OCC)c2)C(C(=O)OCC)=C(C)N=3)cc1. The number of rotatable bonds is 10. The molecule has 38 heavy (non-hydrogen) atoms. The first kappa shape index (κ1) is 26.9. The number of nitrogens with zero attached hydrogens (tertiary/aromatic N) is 2. The molecule has 0 spiro atoms. The van der Waals surface area contributed by atoms with Crippen molar-refractivity contribution in [3.8, 4) is 17.2 Å². The molecule has 0 saturated carbocycles. The van der Waals surface area contributed by atoms with E-state index in [1.165, 1.54) is 11.3 Å². The number of methoxy groups -OCH3 is 1. The van der Waals surface area contributed by atoms with E-state index < -0.39 is 12.0 Å². The van der Waals surface area contributed by atoms with Crippen molar-refractivity contribution in [1.29, 1.82) is 0 Å². The molecule has 1 atom stereocenters. The Morgan fingerprint density at radius 2 is 1.87 bits per heavy atom. The minimum atomic E-state index is -0.743. The lowest BCUT2D eigenvalue weighted by molar-refractivity contribution is -0.139. The van der Waals surface area contributed by atoms with Crippen LogP contribution in [-0.2, 0) is 9.53 Å². The van der Waals surface area contributed by atoms with Gasteiger partial charge in [-0.3, -0.25) is 9.36 Å². The molecule has 8 nitrogen and oxygen atoms in total. The van der Waals surface area contributed by atoms with Crippen LogP contribution in [0.1, 0.15) is 37.9 Å². The average molecular weight is 535 g/mol. The van der Waals surface area contributed by atoms with Gasteiger partial charge in [-0.25, -0.2) is 9.79 Å². The summed E-state index contributed by atoms with van der Waals surface area (Å²) in [5.74, 6) is 1.27. The molecule has 0 aliphatic carbocycles. The predicted molar refractivity (Wildman–Crippen MR) is 147 cm³/mol. The van der Waals surface area contributed by atoms with E-state index in [2.05, 4.69) is 11.6 Å². The first-order valence-corrected chi connectivity index (χ1v) is 13.1. The third kappa shape index (κ3) is 5.43. The number of carbonyl (C=O) groups is 1. The van der Waals surface area contributed by atoms with E-state index in [-0.39, 0.29) is 12.2 Å². The topological polar surface area (TPSA) is 88.3 Å². The Morgan fingerprint density at radius 3 is 2.53 bits per heavy atom. The molecule has 9 heteroatoms. The van der Waals surface area contributed by atoms with Crippen LogP contribution in [-0.4, -0.2) is 37.5 Å². The van der Waals surface area contributed by atoms with Gasteiger partial charge in [0.25, 0.3) is 5.56 Å². The summed E-state index contributed by atoms with van der Waals surface area (Å²) in [5, 5.41) is 0. The number of thiazole rings is 1. The van der Waals surface area contributed by atoms with Crippen molar-refractivity contribution >= 4 is 23.4 Å². The van der Waals surface area contributed by atoms with Crippen molar-refractivity contribution in [2.24, 2.45) is 4.99 Å². The summed E-state index contributed by atoms with van der Waals surface area (Å²) in [5.41, 5.74) is 2.07. The lowest BCUT2D eigenvalue weighted by Crippen LogP contribution is -2.40. The maximum absolute atomic E-state index is 13.8. The number of allylic oxidation sites excluding steroid dienone is 1. The second kappa shape index (κ2) is 12.0. The molecule has 1 aliphatic rings. The van der Waals surface area contributed by atoms with Crippen LogP contribution in [0.5, 0.6) is 17.2 Å². The highest BCUT2D eigenvalue weighted by molar-refractivity contribution is 7.07. The van der Waals surface area contributed by atoms with Crippen molar-refractivity contribution in [3.05, 3.63) is 97.2 Å². The maximum Gasteiger partial charge on any atom is 0.338 e. The van der Waals surface area contributed by atoms with Crippen LogP contribution in [0.2, 0.25) is 0 Å². The second-order valence-corrected chi connectivity index (χ2v) is 9.32. The molecule has 0 bridgehead atoms. The minimum Gasteiger partial charge on any atom is -0.493 e. The second-order valence-electron chi connectivity index (χ2n) is 8.31. The van der Waals surface area contributed by atoms with Gasteiger partial charge in [-0.15, -0.1) is 0 Å². The monoisotopic (exact) mass is 534 g/mol. The molecule has 2 heterocycles. The predicted octanol–water partition coefficient (Wildman–Crippen LogP) is 3.77. The van der Waals surface area contributed by atoms with Crippen molar-refractivity contribution in [2.45, 2.75) is 26.8 Å². The molecule has 0 fully saturated rings. The zero-order chi connectivity index (χ0) is 27.2. The van der Waals surface area contributed by atoms with E-state index in [0.717, 1.165) is 5.56 Å². The zero-order valence-electron chi connectivity index (χ0n) is 21.9. The van der Waals surface area contributed by atoms with E-state index in [1.54, 1.807) is 49.8 Å². The third-order valence-corrected chi connectivity index (χ3v) is 6.85. The van der Waals surface area contributed by atoms with Crippen LogP contribution in [0.15, 0.2) is 76.2 Å². The number of hydrogen-bond acceptors (Lipinski definition) is 8. The summed E-state index contributed by atoms with van der Waals surface area (Å²) in [6.45, 7) is 10.1. The first-order chi connectivity index (χ1) is 18.4. The molecule has 0 N–H and O–H groups in total. The van der Waals surface area contributed by atoms with Crippen LogP contribution < -0.4 is 29.1 Å². The van der Waals surface area contributed by atoms with E-state index in [9.17, 15) is 9.59 Å². The minimum absolute atomic E-state index is 0.200. The molecule has 0 saturated heterocycles. The molecule has 3 aromatic rings. The number of benzene rings is 2. The molecular formula is C29H30N2O6S. The number of aromatic nitrogens is 1. The van der Waals surface area contributed by atoms with E-state index in [4.69, 9.17) is 18.9 Å². The Bertz CT molecular complexity index is 1550. The molecule has 1 aromatic heterocycles. The van der Waals surface area contributed by atoms with Crippen LogP contribution in [0.3, 0.4) is 0 Å². The van der Waals surface area contributed by atoms with Gasteiger partial charge in [0, 0.05) is 0 Å². The number of hydrogen-bond donors (Lipinski definition) is 0. The van der Waals surface area contributed by atoms with E-state index >= 15 is 0 Å². The highest BCUT2D eigenvalue weighted by atomic mass is 32.1. The number of esters is 1. The fourth-order valence-electron chi connectivity index (χ4n) is 4.21. The molecule has 0 amide bonds. The normalized spacial score (nSPS) is 14.9. The molecule has 0 radical (unpaired) electrons. The maximum atomic E-state index is 13.8. The van der Waals surface area contributed by atoms with Crippen molar-refractivity contribution in [3.63, 3.8) is 0 Å². The highest BCUT2D eigenvalue weighted by Gasteiger charge is 2.34. The Kier molecular flexibility index (Phi) is 8.48. The Labute approximate surface area is 224 Å². The Morgan fingerprint density at radius 1 is 1.11 bits per heavy atom. The summed E-state index contributed by atoms with van der Waals surface area (Å²) < 4.78 is 24.2. The van der Waals surface area contributed by atoms with Crippen LogP contribution in [0.4, 0.5) is 0 Å². The van der Waals surface area contributed by atoms with Gasteiger partial charge < -0.3 is 18.9 Å². The fraction of sp³-hybridized carbons (Fsp3) is 0.276. The summed E-state index contributed by atoms with van der Waals surface area (Å²) in [6.07, 6.45) is 3.49. The van der Waals surface area contributed by atoms with Gasteiger partial charge in [0.2, 0.25) is 0 Å². The summed E-state index contributed by atoms with van der Waals surface area (Å²) in [6, 6.07) is 12.1. The lowest BCUT2D eigenvalue weighted by atomic mass is 9.95. The molecule has 4 rings (SSSR count). The number of ether oxygens (including phenoxy) is 4. The molecule has 198 valence electrons. The largest absolute Gasteiger partial charge is 0.493 e. The van der Waals surface area contributed by atoms with Crippen molar-refractivity contribution in [2.75, 3.05) is 26.9 Å². The van der Waals surface area contributed by atoms with Gasteiger partial charge >= 0.3 is 5.97 Å². The van der Waals surface area contributed by atoms with Crippen LogP contribution >= 0.6 is 11.3 Å². The van der Waals surface area contributed by atoms with Gasteiger partial charge in [0.15, 0.2) is 16.3 Å². The van der Waals surface area contributed by atoms with Gasteiger partial charge in [-0.2, -0.15) is 0 Å². The summed E-state index contributed by atoms with van der Waals surface area (Å²) in [4.78, 5) is 32.0. The smallest absolute Gasteiger partial charge is 0.338 e. The van der Waals surface area contributed by atoms with E-state index in [0.29, 0.717) is 56.6 Å². The molecule has 2 aromatic carbocycles. The van der Waals surface area contributed by atoms with Gasteiger partial charge in [0.05, 0.1) is 42.2 Å². The third-order valence-electron chi connectivity index (χ3n) is 5.87. The summed E-state index contributed by atoms with van der Waals surface area (Å²) >= 11 is 1.27. The lowest BCUT2D eigenvalue weighted by Gasteiger charge is -2.25. The molecular weight excluding hydrogens is 504 g/mol.